The van der Waals surface area contributed by atoms with Gasteiger partial charge in [-0.25, -0.2) is 13.2 Å². The number of aryl methyl sites for hydroxylation is 2. The Labute approximate surface area is 154 Å². The van der Waals surface area contributed by atoms with E-state index < -0.39 is 21.1 Å². The molecular formula is C19H26N2O4S. The maximum Gasteiger partial charge on any atom is 0.331 e. The van der Waals surface area contributed by atoms with Gasteiger partial charge in [-0.1, -0.05) is 19.9 Å². The summed E-state index contributed by atoms with van der Waals surface area (Å²) >= 11 is 0. The maximum absolute atomic E-state index is 13.4. The van der Waals surface area contributed by atoms with Crippen molar-refractivity contribution in [3.8, 4) is 0 Å². The maximum atomic E-state index is 13.4. The Kier molecular flexibility index (Phi) is 5.61. The molecule has 0 N–H and O–H groups in total. The molecule has 0 aliphatic rings. The Morgan fingerprint density at radius 1 is 0.923 bits per heavy atom. The molecule has 7 heteroatoms. The summed E-state index contributed by atoms with van der Waals surface area (Å²) in [6.07, 6.45) is 0. The van der Waals surface area contributed by atoms with E-state index in [1.807, 2.05) is 19.9 Å². The summed E-state index contributed by atoms with van der Waals surface area (Å²) in [4.78, 5) is 25.7. The van der Waals surface area contributed by atoms with Crippen LogP contribution < -0.4 is 11.2 Å². The van der Waals surface area contributed by atoms with Crippen molar-refractivity contribution < 1.29 is 8.42 Å². The van der Waals surface area contributed by atoms with E-state index >= 15 is 0 Å². The molecule has 26 heavy (non-hydrogen) atoms. The fourth-order valence-corrected chi connectivity index (χ4v) is 5.26. The van der Waals surface area contributed by atoms with Crippen LogP contribution in [-0.2, 0) is 22.9 Å². The molecule has 0 unspecified atom stereocenters. The lowest BCUT2D eigenvalue weighted by molar-refractivity contribution is 0.505. The Balaban J connectivity index is 3.05. The lowest BCUT2D eigenvalue weighted by atomic mass is 10.1. The van der Waals surface area contributed by atoms with Gasteiger partial charge in [-0.2, -0.15) is 0 Å². The van der Waals surface area contributed by atoms with Crippen LogP contribution in [0, 0.1) is 13.8 Å². The largest absolute Gasteiger partial charge is 0.331 e. The van der Waals surface area contributed by atoms with E-state index in [9.17, 15) is 18.0 Å². The first-order valence-electron chi connectivity index (χ1n) is 8.77. The Bertz CT molecular complexity index is 1040. The lowest BCUT2D eigenvalue weighted by Gasteiger charge is -2.20. The highest BCUT2D eigenvalue weighted by atomic mass is 32.2. The molecule has 2 aromatic rings. The first kappa shape index (κ1) is 20.2. The minimum atomic E-state index is -4.02. The van der Waals surface area contributed by atoms with Gasteiger partial charge in [-0.05, 0) is 56.9 Å². The normalized spacial score (nSPS) is 12.0. The molecule has 0 aliphatic carbocycles. The molecule has 0 amide bonds. The van der Waals surface area contributed by atoms with Crippen molar-refractivity contribution in [1.82, 2.24) is 9.13 Å². The molecule has 142 valence electrons. The number of hydrogen-bond donors (Lipinski definition) is 0. The predicted octanol–water partition coefficient (Wildman–Crippen LogP) is 2.62. The van der Waals surface area contributed by atoms with Gasteiger partial charge in [0.2, 0.25) is 9.84 Å². The molecule has 1 aromatic heterocycles. The van der Waals surface area contributed by atoms with E-state index in [0.29, 0.717) is 0 Å². The van der Waals surface area contributed by atoms with Crippen molar-refractivity contribution in [3.05, 3.63) is 55.7 Å². The van der Waals surface area contributed by atoms with Crippen LogP contribution in [0.15, 0.2) is 37.7 Å². The molecule has 0 saturated carbocycles. The summed E-state index contributed by atoms with van der Waals surface area (Å²) in [5, 5.41) is -0.181. The highest BCUT2D eigenvalue weighted by Gasteiger charge is 2.31. The monoisotopic (exact) mass is 378 g/mol. The van der Waals surface area contributed by atoms with Crippen molar-refractivity contribution in [3.63, 3.8) is 0 Å². The van der Waals surface area contributed by atoms with Gasteiger partial charge in [0.1, 0.15) is 0 Å². The van der Waals surface area contributed by atoms with Gasteiger partial charge in [0.15, 0.2) is 5.03 Å². The zero-order valence-electron chi connectivity index (χ0n) is 16.2. The number of rotatable bonds is 5. The number of hydrogen-bond acceptors (Lipinski definition) is 4. The SMILES string of the molecule is CCn1c(S(=O)(=O)c2cc(C)cc(C)c2)c(C(C)C)c(=O)n(CC)c1=O. The minimum absolute atomic E-state index is 0.104. The average Bonchev–Trinajstić information content (AvgIpc) is 2.53. The number of nitrogens with zero attached hydrogens (tertiary/aromatic N) is 2. The van der Waals surface area contributed by atoms with Crippen LogP contribution in [0.25, 0.3) is 0 Å². The van der Waals surface area contributed by atoms with Crippen LogP contribution in [-0.4, -0.2) is 17.6 Å². The van der Waals surface area contributed by atoms with Gasteiger partial charge in [0.25, 0.3) is 5.56 Å². The number of benzene rings is 1. The lowest BCUT2D eigenvalue weighted by Crippen LogP contribution is -2.44. The van der Waals surface area contributed by atoms with Crippen molar-refractivity contribution in [2.45, 2.75) is 70.5 Å². The summed E-state index contributed by atoms with van der Waals surface area (Å²) in [5.41, 5.74) is 0.656. The van der Waals surface area contributed by atoms with E-state index in [2.05, 4.69) is 0 Å². The van der Waals surface area contributed by atoms with Crippen LogP contribution in [0.1, 0.15) is 50.3 Å². The quantitative estimate of drug-likeness (QED) is 0.749. The fourth-order valence-electron chi connectivity index (χ4n) is 3.24. The first-order chi connectivity index (χ1) is 12.1. The van der Waals surface area contributed by atoms with Crippen molar-refractivity contribution in [2.75, 3.05) is 0 Å². The van der Waals surface area contributed by atoms with Crippen LogP contribution in [0.2, 0.25) is 0 Å². The van der Waals surface area contributed by atoms with Gasteiger partial charge < -0.3 is 0 Å². The summed E-state index contributed by atoms with van der Waals surface area (Å²) in [6, 6.07) is 5.02. The standard InChI is InChI=1S/C19H26N2O4S/c1-7-20-17(22)16(12(3)4)18(21(8-2)19(20)23)26(24,25)15-10-13(5)9-14(6)11-15/h9-12H,7-8H2,1-6H3. The van der Waals surface area contributed by atoms with Crippen molar-refractivity contribution in [2.24, 2.45) is 0 Å². The Morgan fingerprint density at radius 2 is 1.42 bits per heavy atom. The fraction of sp³-hybridized carbons (Fsp3) is 0.474. The molecule has 0 spiro atoms. The van der Waals surface area contributed by atoms with Crippen LogP contribution in [0.4, 0.5) is 0 Å². The van der Waals surface area contributed by atoms with E-state index in [1.54, 1.807) is 39.8 Å². The molecule has 0 fully saturated rings. The van der Waals surface area contributed by atoms with Crippen LogP contribution in [0.5, 0.6) is 0 Å². The summed E-state index contributed by atoms with van der Waals surface area (Å²) in [7, 11) is -4.02. The second kappa shape index (κ2) is 7.23. The molecule has 0 aliphatic heterocycles. The average molecular weight is 378 g/mol. The molecule has 0 saturated heterocycles. The third-order valence-corrected chi connectivity index (χ3v) is 6.19. The van der Waals surface area contributed by atoms with Gasteiger partial charge in [0.05, 0.1) is 10.5 Å². The summed E-state index contributed by atoms with van der Waals surface area (Å²) in [6.45, 7) is 10.9. The molecule has 0 radical (unpaired) electrons. The van der Waals surface area contributed by atoms with Gasteiger partial charge in [-0.15, -0.1) is 0 Å². The van der Waals surface area contributed by atoms with Gasteiger partial charge >= 0.3 is 5.69 Å². The molecule has 1 aromatic carbocycles. The highest BCUT2D eigenvalue weighted by molar-refractivity contribution is 7.91. The summed E-state index contributed by atoms with van der Waals surface area (Å²) in [5.74, 6) is -0.339. The Hall–Kier alpha value is -2.15. The predicted molar refractivity (Wildman–Crippen MR) is 102 cm³/mol. The molecule has 0 atom stereocenters. The molecular weight excluding hydrogens is 352 g/mol. The first-order valence-corrected chi connectivity index (χ1v) is 10.2. The van der Waals surface area contributed by atoms with Gasteiger partial charge in [0, 0.05) is 13.1 Å². The summed E-state index contributed by atoms with van der Waals surface area (Å²) < 4.78 is 29.2. The third kappa shape index (κ3) is 3.28. The van der Waals surface area contributed by atoms with Gasteiger partial charge in [-0.3, -0.25) is 13.9 Å². The topological polar surface area (TPSA) is 78.1 Å². The van der Waals surface area contributed by atoms with Crippen molar-refractivity contribution >= 4 is 9.84 Å². The molecule has 0 bridgehead atoms. The minimum Gasteiger partial charge on any atom is -0.283 e. The van der Waals surface area contributed by atoms with Crippen LogP contribution in [0.3, 0.4) is 0 Å². The second-order valence-electron chi connectivity index (χ2n) is 6.78. The van der Waals surface area contributed by atoms with E-state index in [4.69, 9.17) is 0 Å². The molecule has 6 nitrogen and oxygen atoms in total. The zero-order valence-corrected chi connectivity index (χ0v) is 17.0. The third-order valence-electron chi connectivity index (χ3n) is 4.38. The van der Waals surface area contributed by atoms with E-state index in [0.717, 1.165) is 15.7 Å². The smallest absolute Gasteiger partial charge is 0.283 e. The number of aromatic nitrogens is 2. The van der Waals surface area contributed by atoms with Crippen LogP contribution >= 0.6 is 0 Å². The highest BCUT2D eigenvalue weighted by Crippen LogP contribution is 2.27. The zero-order chi connectivity index (χ0) is 19.8. The Morgan fingerprint density at radius 3 is 1.85 bits per heavy atom. The number of sulfone groups is 1. The molecule has 2 rings (SSSR count). The van der Waals surface area contributed by atoms with E-state index in [-0.39, 0.29) is 34.5 Å². The van der Waals surface area contributed by atoms with Crippen molar-refractivity contribution in [1.29, 1.82) is 0 Å². The molecule has 1 heterocycles. The second-order valence-corrected chi connectivity index (χ2v) is 8.64. The van der Waals surface area contributed by atoms with E-state index in [1.165, 1.54) is 4.57 Å².